The summed E-state index contributed by atoms with van der Waals surface area (Å²) in [7, 11) is 1.83. The van der Waals surface area contributed by atoms with E-state index in [0.717, 1.165) is 19.6 Å². The van der Waals surface area contributed by atoms with Gasteiger partial charge in [0.1, 0.15) is 0 Å². The zero-order valence-electron chi connectivity index (χ0n) is 10.5. The molecule has 2 heterocycles. The highest BCUT2D eigenvalue weighted by Crippen LogP contribution is 2.17. The van der Waals surface area contributed by atoms with Crippen LogP contribution in [0.15, 0.2) is 18.5 Å². The number of hydrogen-bond donors (Lipinski definition) is 1. The number of pyridine rings is 1. The van der Waals surface area contributed by atoms with Gasteiger partial charge in [-0.25, -0.2) is 0 Å². The van der Waals surface area contributed by atoms with Gasteiger partial charge in [-0.3, -0.25) is 9.78 Å². The van der Waals surface area contributed by atoms with Crippen molar-refractivity contribution >= 4 is 17.5 Å². The van der Waals surface area contributed by atoms with Crippen LogP contribution < -0.4 is 5.32 Å². The van der Waals surface area contributed by atoms with Gasteiger partial charge in [0.05, 0.1) is 10.6 Å². The minimum atomic E-state index is -0.0343. The van der Waals surface area contributed by atoms with E-state index in [9.17, 15) is 4.79 Å². The molecule has 0 bridgehead atoms. The summed E-state index contributed by atoms with van der Waals surface area (Å²) in [6.45, 7) is 2.84. The third kappa shape index (κ3) is 3.21. The molecule has 0 aromatic carbocycles. The molecule has 4 nitrogen and oxygen atoms in total. The SMILES string of the molecule is CN(CC1CCCNC1)C(=O)c1ccncc1Cl. The predicted molar refractivity (Wildman–Crippen MR) is 71.8 cm³/mol. The van der Waals surface area contributed by atoms with Crippen molar-refractivity contribution in [3.63, 3.8) is 0 Å². The molecule has 1 saturated heterocycles. The topological polar surface area (TPSA) is 45.2 Å². The van der Waals surface area contributed by atoms with Gasteiger partial charge in [-0.05, 0) is 37.9 Å². The Hall–Kier alpha value is -1.13. The summed E-state index contributed by atoms with van der Waals surface area (Å²) >= 11 is 5.98. The third-order valence-corrected chi connectivity index (χ3v) is 3.58. The molecule has 0 radical (unpaired) electrons. The molecule has 0 spiro atoms. The minimum absolute atomic E-state index is 0.0343. The van der Waals surface area contributed by atoms with Crippen LogP contribution in [-0.4, -0.2) is 42.5 Å². The standard InChI is InChI=1S/C13H18ClN3O/c1-17(9-10-3-2-5-15-7-10)13(18)11-4-6-16-8-12(11)14/h4,6,8,10,15H,2-3,5,7,9H2,1H3. The number of hydrogen-bond acceptors (Lipinski definition) is 3. The van der Waals surface area contributed by atoms with Crippen LogP contribution in [0.2, 0.25) is 5.02 Å². The van der Waals surface area contributed by atoms with Crippen molar-refractivity contribution < 1.29 is 4.79 Å². The van der Waals surface area contributed by atoms with Crippen LogP contribution in [0.1, 0.15) is 23.2 Å². The Morgan fingerprint density at radius 1 is 1.67 bits per heavy atom. The van der Waals surface area contributed by atoms with E-state index >= 15 is 0 Å². The maximum absolute atomic E-state index is 12.2. The lowest BCUT2D eigenvalue weighted by atomic mass is 9.99. The lowest BCUT2D eigenvalue weighted by molar-refractivity contribution is 0.0765. The molecule has 5 heteroatoms. The van der Waals surface area contributed by atoms with Crippen LogP contribution in [-0.2, 0) is 0 Å². The molecule has 1 aromatic heterocycles. The first kappa shape index (κ1) is 13.3. The molecule has 0 aliphatic carbocycles. The van der Waals surface area contributed by atoms with Gasteiger partial charge >= 0.3 is 0 Å². The molecule has 2 rings (SSSR count). The smallest absolute Gasteiger partial charge is 0.255 e. The van der Waals surface area contributed by atoms with Gasteiger partial charge in [0.15, 0.2) is 0 Å². The zero-order valence-corrected chi connectivity index (χ0v) is 11.3. The molecule has 1 fully saturated rings. The first-order valence-electron chi connectivity index (χ1n) is 6.24. The fourth-order valence-corrected chi connectivity index (χ4v) is 2.50. The normalized spacial score (nSPS) is 19.6. The van der Waals surface area contributed by atoms with Crippen LogP contribution in [0.3, 0.4) is 0 Å². The maximum atomic E-state index is 12.2. The third-order valence-electron chi connectivity index (χ3n) is 3.28. The summed E-state index contributed by atoms with van der Waals surface area (Å²) in [5.41, 5.74) is 0.526. The molecule has 1 aliphatic heterocycles. The largest absolute Gasteiger partial charge is 0.341 e. The van der Waals surface area contributed by atoms with Crippen LogP contribution >= 0.6 is 11.6 Å². The molecule has 1 atom stereocenters. The molecule has 1 unspecified atom stereocenters. The molecule has 98 valence electrons. The van der Waals surface area contributed by atoms with Crippen molar-refractivity contribution in [2.75, 3.05) is 26.7 Å². The van der Waals surface area contributed by atoms with Crippen molar-refractivity contribution in [2.45, 2.75) is 12.8 Å². The van der Waals surface area contributed by atoms with Gasteiger partial charge in [0, 0.05) is 26.0 Å². The molecular formula is C13H18ClN3O. The number of nitrogens with one attached hydrogen (secondary N) is 1. The summed E-state index contributed by atoms with van der Waals surface area (Å²) in [6.07, 6.45) is 5.46. The molecule has 1 aromatic rings. The van der Waals surface area contributed by atoms with Crippen LogP contribution in [0, 0.1) is 5.92 Å². The van der Waals surface area contributed by atoms with E-state index in [1.54, 1.807) is 17.2 Å². The summed E-state index contributed by atoms with van der Waals surface area (Å²) in [5.74, 6) is 0.501. The quantitative estimate of drug-likeness (QED) is 0.908. The molecule has 1 amide bonds. The average Bonchev–Trinajstić information content (AvgIpc) is 2.39. The van der Waals surface area contributed by atoms with Crippen LogP contribution in [0.25, 0.3) is 0 Å². The average molecular weight is 268 g/mol. The number of rotatable bonds is 3. The number of amides is 1. The number of carbonyl (C=O) groups excluding carboxylic acids is 1. The monoisotopic (exact) mass is 267 g/mol. The first-order chi connectivity index (χ1) is 8.68. The van der Waals surface area contributed by atoms with Gasteiger partial charge in [0.25, 0.3) is 5.91 Å². The lowest BCUT2D eigenvalue weighted by Gasteiger charge is -2.27. The van der Waals surface area contributed by atoms with E-state index in [4.69, 9.17) is 11.6 Å². The van der Waals surface area contributed by atoms with E-state index in [0.29, 0.717) is 16.5 Å². The molecule has 0 saturated carbocycles. The maximum Gasteiger partial charge on any atom is 0.255 e. The Labute approximate surface area is 112 Å². The Morgan fingerprint density at radius 2 is 2.50 bits per heavy atom. The van der Waals surface area contributed by atoms with E-state index in [1.165, 1.54) is 19.0 Å². The van der Waals surface area contributed by atoms with Crippen molar-refractivity contribution in [3.05, 3.63) is 29.0 Å². The Kier molecular flexibility index (Phi) is 4.55. The Morgan fingerprint density at radius 3 is 3.17 bits per heavy atom. The molecule has 1 N–H and O–H groups in total. The number of nitrogens with zero attached hydrogens (tertiary/aromatic N) is 2. The number of halogens is 1. The summed E-state index contributed by atoms with van der Waals surface area (Å²) in [6, 6.07) is 1.67. The second-order valence-corrected chi connectivity index (χ2v) is 5.16. The second-order valence-electron chi connectivity index (χ2n) is 4.75. The fraction of sp³-hybridized carbons (Fsp3) is 0.538. The van der Waals surface area contributed by atoms with E-state index in [-0.39, 0.29) is 5.91 Å². The second kappa shape index (κ2) is 6.16. The van der Waals surface area contributed by atoms with Gasteiger partial charge in [0.2, 0.25) is 0 Å². The zero-order chi connectivity index (χ0) is 13.0. The highest BCUT2D eigenvalue weighted by Gasteiger charge is 2.20. The van der Waals surface area contributed by atoms with Gasteiger partial charge in [-0.2, -0.15) is 0 Å². The predicted octanol–water partition coefficient (Wildman–Crippen LogP) is 1.81. The fourth-order valence-electron chi connectivity index (χ4n) is 2.30. The number of carbonyl (C=O) groups is 1. The molecular weight excluding hydrogens is 250 g/mol. The van der Waals surface area contributed by atoms with Gasteiger partial charge in [-0.15, -0.1) is 0 Å². The van der Waals surface area contributed by atoms with Crippen molar-refractivity contribution in [1.29, 1.82) is 0 Å². The lowest BCUT2D eigenvalue weighted by Crippen LogP contribution is -2.39. The highest BCUT2D eigenvalue weighted by atomic mass is 35.5. The summed E-state index contributed by atoms with van der Waals surface area (Å²) < 4.78 is 0. The Bertz CT molecular complexity index is 418. The first-order valence-corrected chi connectivity index (χ1v) is 6.62. The van der Waals surface area contributed by atoms with Gasteiger partial charge in [-0.1, -0.05) is 11.6 Å². The Balaban J connectivity index is 1.98. The van der Waals surface area contributed by atoms with Crippen LogP contribution in [0.5, 0.6) is 0 Å². The molecule has 1 aliphatic rings. The van der Waals surface area contributed by atoms with E-state index < -0.39 is 0 Å². The van der Waals surface area contributed by atoms with Gasteiger partial charge < -0.3 is 10.2 Å². The summed E-state index contributed by atoms with van der Waals surface area (Å²) in [5, 5.41) is 3.77. The van der Waals surface area contributed by atoms with Crippen molar-refractivity contribution in [2.24, 2.45) is 5.92 Å². The number of aromatic nitrogens is 1. The summed E-state index contributed by atoms with van der Waals surface area (Å²) in [4.78, 5) is 17.9. The van der Waals surface area contributed by atoms with Crippen molar-refractivity contribution in [1.82, 2.24) is 15.2 Å². The molecule has 18 heavy (non-hydrogen) atoms. The minimum Gasteiger partial charge on any atom is -0.341 e. The van der Waals surface area contributed by atoms with Crippen molar-refractivity contribution in [3.8, 4) is 0 Å². The highest BCUT2D eigenvalue weighted by molar-refractivity contribution is 6.33. The number of piperidine rings is 1. The van der Waals surface area contributed by atoms with E-state index in [1.807, 2.05) is 7.05 Å². The van der Waals surface area contributed by atoms with E-state index in [2.05, 4.69) is 10.3 Å². The van der Waals surface area contributed by atoms with Crippen LogP contribution in [0.4, 0.5) is 0 Å².